The molecule has 0 aliphatic heterocycles. The molecule has 0 amide bonds. The quantitative estimate of drug-likeness (QED) is 0.868. The molecule has 0 fully saturated rings. The highest BCUT2D eigenvalue weighted by atomic mass is 16.4. The Kier molecular flexibility index (Phi) is 3.90. The zero-order chi connectivity index (χ0) is 14.0. The number of hydrogen-bond donors (Lipinski definition) is 2. The van der Waals surface area contributed by atoms with Crippen LogP contribution in [0, 0.1) is 0 Å². The van der Waals surface area contributed by atoms with Crippen molar-refractivity contribution in [2.24, 2.45) is 0 Å². The smallest absolute Gasteiger partial charge is 0.307 e. The van der Waals surface area contributed by atoms with Crippen LogP contribution in [-0.2, 0) is 17.8 Å². The van der Waals surface area contributed by atoms with Crippen LogP contribution in [0.5, 0.6) is 0 Å². The predicted molar refractivity (Wildman–Crippen MR) is 74.5 cm³/mol. The number of carboxylic acids is 1. The molecule has 1 aromatic carbocycles. The number of rotatable bonds is 5. The molecule has 0 spiro atoms. The summed E-state index contributed by atoms with van der Waals surface area (Å²) in [5, 5.41) is 19.0. The van der Waals surface area contributed by atoms with E-state index in [0.29, 0.717) is 12.5 Å². The number of aromatic nitrogens is 1. The van der Waals surface area contributed by atoms with Crippen molar-refractivity contribution in [1.82, 2.24) is 4.57 Å². The fourth-order valence-corrected chi connectivity index (χ4v) is 2.34. The van der Waals surface area contributed by atoms with Crippen molar-refractivity contribution in [3.8, 4) is 0 Å². The first-order valence-corrected chi connectivity index (χ1v) is 6.47. The van der Waals surface area contributed by atoms with Gasteiger partial charge in [-0.15, -0.1) is 0 Å². The van der Waals surface area contributed by atoms with E-state index in [4.69, 9.17) is 10.2 Å². The van der Waals surface area contributed by atoms with E-state index in [1.165, 1.54) is 5.56 Å². The maximum Gasteiger partial charge on any atom is 0.307 e. The maximum atomic E-state index is 10.9. The lowest BCUT2D eigenvalue weighted by atomic mass is 10.00. The Morgan fingerprint density at radius 2 is 2.11 bits per heavy atom. The zero-order valence-electron chi connectivity index (χ0n) is 11.3. The van der Waals surface area contributed by atoms with Crippen molar-refractivity contribution in [1.29, 1.82) is 0 Å². The van der Waals surface area contributed by atoms with Gasteiger partial charge in [-0.25, -0.2) is 0 Å². The molecule has 0 unspecified atom stereocenters. The summed E-state index contributed by atoms with van der Waals surface area (Å²) in [6, 6.07) is 6.13. The van der Waals surface area contributed by atoms with Crippen molar-refractivity contribution in [3.63, 3.8) is 0 Å². The van der Waals surface area contributed by atoms with Crippen LogP contribution < -0.4 is 0 Å². The van der Waals surface area contributed by atoms with Crippen molar-refractivity contribution >= 4 is 16.9 Å². The van der Waals surface area contributed by atoms with Gasteiger partial charge >= 0.3 is 5.97 Å². The molecule has 2 rings (SSSR count). The van der Waals surface area contributed by atoms with Gasteiger partial charge in [0.15, 0.2) is 0 Å². The van der Waals surface area contributed by atoms with Crippen molar-refractivity contribution in [2.75, 3.05) is 6.61 Å². The molecule has 1 heterocycles. The number of carbonyl (C=O) groups is 1. The van der Waals surface area contributed by atoms with Crippen LogP contribution in [0.3, 0.4) is 0 Å². The second kappa shape index (κ2) is 5.45. The standard InChI is InChI=1S/C15H19NO3/c1-10(2)11-3-4-14-13(7-11)12(8-15(18)19)9-16(14)5-6-17/h3-4,7,9-10,17H,5-6,8H2,1-2H3,(H,18,19). The molecule has 0 aliphatic carbocycles. The molecule has 0 aliphatic rings. The molecule has 102 valence electrons. The minimum absolute atomic E-state index is 0.0104. The highest BCUT2D eigenvalue weighted by Gasteiger charge is 2.12. The Balaban J connectivity index is 2.58. The predicted octanol–water partition coefficient (Wildman–Crippen LogP) is 2.38. The molecule has 0 atom stereocenters. The number of hydrogen-bond acceptors (Lipinski definition) is 2. The van der Waals surface area contributed by atoms with Gasteiger partial charge in [-0.1, -0.05) is 19.9 Å². The molecule has 19 heavy (non-hydrogen) atoms. The third-order valence-corrected chi connectivity index (χ3v) is 3.34. The first-order valence-electron chi connectivity index (χ1n) is 6.47. The lowest BCUT2D eigenvalue weighted by Gasteiger charge is -2.07. The second-order valence-corrected chi connectivity index (χ2v) is 5.07. The van der Waals surface area contributed by atoms with Crippen molar-refractivity contribution in [3.05, 3.63) is 35.5 Å². The topological polar surface area (TPSA) is 62.5 Å². The average molecular weight is 261 g/mol. The fraction of sp³-hybridized carbons (Fsp3) is 0.400. The van der Waals surface area contributed by atoms with Crippen LogP contribution in [0.25, 0.3) is 10.9 Å². The lowest BCUT2D eigenvalue weighted by molar-refractivity contribution is -0.136. The Hall–Kier alpha value is -1.81. The molecule has 1 aromatic heterocycles. The molecular weight excluding hydrogens is 242 g/mol. The minimum Gasteiger partial charge on any atom is -0.481 e. The molecule has 2 N–H and O–H groups in total. The Morgan fingerprint density at radius 1 is 1.37 bits per heavy atom. The Morgan fingerprint density at radius 3 is 2.68 bits per heavy atom. The van der Waals surface area contributed by atoms with Crippen LogP contribution >= 0.6 is 0 Å². The van der Waals surface area contributed by atoms with Gasteiger partial charge in [0.2, 0.25) is 0 Å². The molecule has 2 aromatic rings. The van der Waals surface area contributed by atoms with Gasteiger partial charge in [-0.2, -0.15) is 0 Å². The van der Waals surface area contributed by atoms with E-state index in [1.54, 1.807) is 0 Å². The van der Waals surface area contributed by atoms with Crippen LogP contribution in [0.4, 0.5) is 0 Å². The van der Waals surface area contributed by atoms with Crippen molar-refractivity contribution < 1.29 is 15.0 Å². The van der Waals surface area contributed by atoms with E-state index in [1.807, 2.05) is 16.8 Å². The third-order valence-electron chi connectivity index (χ3n) is 3.34. The third kappa shape index (κ3) is 2.79. The van der Waals surface area contributed by atoms with Gasteiger partial charge in [0.1, 0.15) is 0 Å². The second-order valence-electron chi connectivity index (χ2n) is 5.07. The van der Waals surface area contributed by atoms with Gasteiger partial charge in [0.25, 0.3) is 0 Å². The van der Waals surface area contributed by atoms with Crippen LogP contribution in [0.2, 0.25) is 0 Å². The summed E-state index contributed by atoms with van der Waals surface area (Å²) in [5.74, 6) is -0.429. The molecule has 0 saturated carbocycles. The summed E-state index contributed by atoms with van der Waals surface area (Å²) in [6.45, 7) is 4.75. The van der Waals surface area contributed by atoms with Crippen LogP contribution in [0.15, 0.2) is 24.4 Å². The van der Waals surface area contributed by atoms with Crippen molar-refractivity contribution in [2.45, 2.75) is 32.7 Å². The molecular formula is C15H19NO3. The number of carboxylic acid groups (broad SMARTS) is 1. The van der Waals surface area contributed by atoms with E-state index in [0.717, 1.165) is 16.5 Å². The van der Waals surface area contributed by atoms with Gasteiger partial charge < -0.3 is 14.8 Å². The monoisotopic (exact) mass is 261 g/mol. The zero-order valence-corrected chi connectivity index (χ0v) is 11.3. The summed E-state index contributed by atoms with van der Waals surface area (Å²) in [5.41, 5.74) is 2.98. The minimum atomic E-state index is -0.835. The van der Waals surface area contributed by atoms with Gasteiger partial charge in [-0.3, -0.25) is 4.79 Å². The number of aliphatic hydroxyl groups excluding tert-OH is 1. The van der Waals surface area contributed by atoms with Crippen LogP contribution in [0.1, 0.15) is 30.9 Å². The number of aliphatic carboxylic acids is 1. The van der Waals surface area contributed by atoms with Crippen LogP contribution in [-0.4, -0.2) is 27.4 Å². The molecule has 4 heteroatoms. The summed E-state index contributed by atoms with van der Waals surface area (Å²) in [4.78, 5) is 10.9. The largest absolute Gasteiger partial charge is 0.481 e. The Labute approximate surface area is 112 Å². The van der Waals surface area contributed by atoms with E-state index < -0.39 is 5.97 Å². The average Bonchev–Trinajstić information content (AvgIpc) is 2.67. The van der Waals surface area contributed by atoms with Gasteiger partial charge in [-0.05, 0) is 29.2 Å². The summed E-state index contributed by atoms with van der Waals surface area (Å²) >= 11 is 0. The van der Waals surface area contributed by atoms with E-state index in [9.17, 15) is 4.79 Å². The number of nitrogens with zero attached hydrogens (tertiary/aromatic N) is 1. The normalized spacial score (nSPS) is 11.4. The number of aliphatic hydroxyl groups is 1. The first kappa shape index (κ1) is 13.6. The lowest BCUT2D eigenvalue weighted by Crippen LogP contribution is -2.01. The number of fused-ring (bicyclic) bond motifs is 1. The highest BCUT2D eigenvalue weighted by Crippen LogP contribution is 2.26. The summed E-state index contributed by atoms with van der Waals surface area (Å²) in [7, 11) is 0. The molecule has 0 saturated heterocycles. The maximum absolute atomic E-state index is 10.9. The Bertz CT molecular complexity index is 599. The molecule has 4 nitrogen and oxygen atoms in total. The number of benzene rings is 1. The van der Waals surface area contributed by atoms with E-state index in [-0.39, 0.29) is 13.0 Å². The molecule has 0 bridgehead atoms. The SMILES string of the molecule is CC(C)c1ccc2c(c1)c(CC(=O)O)cn2CCO. The van der Waals surface area contributed by atoms with Gasteiger partial charge in [0.05, 0.1) is 13.0 Å². The van der Waals surface area contributed by atoms with E-state index in [2.05, 4.69) is 26.0 Å². The molecule has 0 radical (unpaired) electrons. The van der Waals surface area contributed by atoms with E-state index >= 15 is 0 Å². The highest BCUT2D eigenvalue weighted by molar-refractivity contribution is 5.88. The fourth-order valence-electron chi connectivity index (χ4n) is 2.34. The first-order chi connectivity index (χ1) is 9.02. The van der Waals surface area contributed by atoms with Gasteiger partial charge in [0, 0.05) is 23.6 Å². The summed E-state index contributed by atoms with van der Waals surface area (Å²) in [6.07, 6.45) is 1.84. The summed E-state index contributed by atoms with van der Waals surface area (Å²) < 4.78 is 1.91.